The molecular formula is C16H22Cl2N2O4S. The van der Waals surface area contributed by atoms with Crippen molar-refractivity contribution in [2.45, 2.75) is 37.8 Å². The molecule has 1 aliphatic carbocycles. The standard InChI is InChI=1S/C16H22Cl2N2O4S/c1-19(14-5-3-4-6-15(14)21)16(22)10-20(25(2,23)24)13-8-7-11(17)9-12(13)18/h7-9,14-15,21H,3-6,10H2,1-2H3. The Bertz CT molecular complexity index is 742. The molecule has 2 atom stereocenters. The smallest absolute Gasteiger partial charge is 0.243 e. The van der Waals surface area contributed by atoms with E-state index in [1.165, 1.54) is 23.1 Å². The SMILES string of the molecule is CN(C(=O)CN(c1ccc(Cl)cc1Cl)S(C)(=O)=O)C1CCCCC1O. The molecule has 2 rings (SSSR count). The fourth-order valence-electron chi connectivity index (χ4n) is 3.03. The number of hydrogen-bond acceptors (Lipinski definition) is 4. The second kappa shape index (κ2) is 8.12. The molecule has 0 heterocycles. The summed E-state index contributed by atoms with van der Waals surface area (Å²) in [7, 11) is -2.14. The number of aliphatic hydroxyl groups excluding tert-OH is 1. The summed E-state index contributed by atoms with van der Waals surface area (Å²) in [4.78, 5) is 14.1. The normalized spacial score (nSPS) is 21.0. The molecule has 25 heavy (non-hydrogen) atoms. The average Bonchev–Trinajstić information content (AvgIpc) is 2.52. The van der Waals surface area contributed by atoms with Gasteiger partial charge in [-0.15, -0.1) is 0 Å². The number of nitrogens with zero attached hydrogens (tertiary/aromatic N) is 2. The third-order valence-electron chi connectivity index (χ3n) is 4.44. The number of carbonyl (C=O) groups excluding carboxylic acids is 1. The first kappa shape index (κ1) is 20.3. The van der Waals surface area contributed by atoms with Gasteiger partial charge in [-0.2, -0.15) is 0 Å². The molecule has 0 bridgehead atoms. The Hall–Kier alpha value is -1.02. The minimum absolute atomic E-state index is 0.145. The lowest BCUT2D eigenvalue weighted by atomic mass is 9.91. The fourth-order valence-corrected chi connectivity index (χ4v) is 4.45. The molecule has 0 spiro atoms. The second-order valence-electron chi connectivity index (χ2n) is 6.29. The van der Waals surface area contributed by atoms with Crippen LogP contribution in [-0.2, 0) is 14.8 Å². The zero-order valence-corrected chi connectivity index (χ0v) is 16.5. The van der Waals surface area contributed by atoms with E-state index in [4.69, 9.17) is 23.2 Å². The largest absolute Gasteiger partial charge is 0.391 e. The molecule has 0 aromatic heterocycles. The number of amides is 1. The number of likely N-dealkylation sites (N-methyl/N-ethyl adjacent to an activating group) is 1. The Labute approximate surface area is 158 Å². The number of hydrogen-bond donors (Lipinski definition) is 1. The van der Waals surface area contributed by atoms with E-state index in [9.17, 15) is 18.3 Å². The van der Waals surface area contributed by atoms with Gasteiger partial charge in [-0.25, -0.2) is 8.42 Å². The van der Waals surface area contributed by atoms with Crippen molar-refractivity contribution in [3.8, 4) is 0 Å². The van der Waals surface area contributed by atoms with Gasteiger partial charge >= 0.3 is 0 Å². The van der Waals surface area contributed by atoms with Crippen LogP contribution in [0.2, 0.25) is 10.0 Å². The van der Waals surface area contributed by atoms with Gasteiger partial charge in [0, 0.05) is 12.1 Å². The van der Waals surface area contributed by atoms with Crippen molar-refractivity contribution in [2.75, 3.05) is 24.2 Å². The maximum atomic E-state index is 12.6. The number of carbonyl (C=O) groups is 1. The molecule has 0 radical (unpaired) electrons. The summed E-state index contributed by atoms with van der Waals surface area (Å²) in [6.45, 7) is -0.389. The molecule has 9 heteroatoms. The molecule has 1 amide bonds. The van der Waals surface area contributed by atoms with Crippen LogP contribution in [-0.4, -0.2) is 56.3 Å². The third kappa shape index (κ3) is 5.00. The van der Waals surface area contributed by atoms with Crippen molar-refractivity contribution >= 4 is 44.8 Å². The van der Waals surface area contributed by atoms with Crippen LogP contribution in [0.25, 0.3) is 0 Å². The number of benzene rings is 1. The van der Waals surface area contributed by atoms with Crippen molar-refractivity contribution in [3.63, 3.8) is 0 Å². The zero-order valence-electron chi connectivity index (χ0n) is 14.2. The molecule has 140 valence electrons. The van der Waals surface area contributed by atoms with Gasteiger partial charge in [0.05, 0.1) is 29.1 Å². The summed E-state index contributed by atoms with van der Waals surface area (Å²) < 4.78 is 25.3. The van der Waals surface area contributed by atoms with Crippen LogP contribution in [0.5, 0.6) is 0 Å². The van der Waals surface area contributed by atoms with Gasteiger partial charge in [0.1, 0.15) is 6.54 Å². The van der Waals surface area contributed by atoms with Crippen molar-refractivity contribution in [1.82, 2.24) is 4.90 Å². The van der Waals surface area contributed by atoms with E-state index in [1.807, 2.05) is 0 Å². The molecule has 1 saturated carbocycles. The minimum atomic E-state index is -3.73. The van der Waals surface area contributed by atoms with Crippen molar-refractivity contribution in [3.05, 3.63) is 28.2 Å². The maximum absolute atomic E-state index is 12.6. The van der Waals surface area contributed by atoms with E-state index >= 15 is 0 Å². The summed E-state index contributed by atoms with van der Waals surface area (Å²) in [5.74, 6) is -0.401. The maximum Gasteiger partial charge on any atom is 0.243 e. The van der Waals surface area contributed by atoms with Crippen LogP contribution in [0.4, 0.5) is 5.69 Å². The van der Waals surface area contributed by atoms with E-state index in [1.54, 1.807) is 7.05 Å². The molecule has 0 saturated heterocycles. The van der Waals surface area contributed by atoms with E-state index < -0.39 is 22.0 Å². The quantitative estimate of drug-likeness (QED) is 0.811. The first-order valence-corrected chi connectivity index (χ1v) is 10.6. The van der Waals surface area contributed by atoms with Gasteiger partial charge in [0.25, 0.3) is 0 Å². The number of aliphatic hydroxyl groups is 1. The summed E-state index contributed by atoms with van der Waals surface area (Å²) in [5.41, 5.74) is 0.194. The highest BCUT2D eigenvalue weighted by Gasteiger charge is 2.32. The topological polar surface area (TPSA) is 77.9 Å². The highest BCUT2D eigenvalue weighted by Crippen LogP contribution is 2.30. The highest BCUT2D eigenvalue weighted by atomic mass is 35.5. The lowest BCUT2D eigenvalue weighted by Crippen LogP contribution is -2.50. The second-order valence-corrected chi connectivity index (χ2v) is 9.04. The molecule has 0 aliphatic heterocycles. The van der Waals surface area contributed by atoms with E-state index in [2.05, 4.69) is 0 Å². The predicted molar refractivity (Wildman–Crippen MR) is 99.7 cm³/mol. The minimum Gasteiger partial charge on any atom is -0.391 e. The van der Waals surface area contributed by atoms with Gasteiger partial charge in [-0.1, -0.05) is 36.0 Å². The van der Waals surface area contributed by atoms with Gasteiger partial charge in [0.15, 0.2) is 0 Å². The van der Waals surface area contributed by atoms with E-state index in [-0.39, 0.29) is 23.3 Å². The Morgan fingerprint density at radius 2 is 1.92 bits per heavy atom. The highest BCUT2D eigenvalue weighted by molar-refractivity contribution is 7.92. The first-order chi connectivity index (χ1) is 11.6. The summed E-state index contributed by atoms with van der Waals surface area (Å²) in [6, 6.07) is 4.10. The average molecular weight is 409 g/mol. The van der Waals surface area contributed by atoms with Crippen LogP contribution >= 0.6 is 23.2 Å². The van der Waals surface area contributed by atoms with Crippen molar-refractivity contribution in [1.29, 1.82) is 0 Å². The summed E-state index contributed by atoms with van der Waals surface area (Å²) in [5, 5.41) is 10.6. The number of anilines is 1. The molecule has 2 unspecified atom stereocenters. The van der Waals surface area contributed by atoms with Gasteiger partial charge in [-0.3, -0.25) is 9.10 Å². The Morgan fingerprint density at radius 3 is 2.48 bits per heavy atom. The number of rotatable bonds is 5. The van der Waals surface area contributed by atoms with Gasteiger partial charge in [-0.05, 0) is 31.0 Å². The van der Waals surface area contributed by atoms with Crippen LogP contribution in [0, 0.1) is 0 Å². The molecule has 1 aromatic carbocycles. The van der Waals surface area contributed by atoms with Crippen molar-refractivity contribution < 1.29 is 18.3 Å². The molecule has 1 aliphatic rings. The molecule has 1 fully saturated rings. The van der Waals surface area contributed by atoms with E-state index in [0.717, 1.165) is 23.4 Å². The van der Waals surface area contributed by atoms with Crippen molar-refractivity contribution in [2.24, 2.45) is 0 Å². The summed E-state index contributed by atoms with van der Waals surface area (Å²) >= 11 is 12.0. The van der Waals surface area contributed by atoms with Crippen LogP contribution < -0.4 is 4.31 Å². The Balaban J connectivity index is 2.24. The molecule has 1 aromatic rings. The van der Waals surface area contributed by atoms with E-state index in [0.29, 0.717) is 17.9 Å². The number of sulfonamides is 1. The van der Waals surface area contributed by atoms with Crippen LogP contribution in [0.3, 0.4) is 0 Å². The van der Waals surface area contributed by atoms with Crippen LogP contribution in [0.1, 0.15) is 25.7 Å². The molecule has 6 nitrogen and oxygen atoms in total. The Morgan fingerprint density at radius 1 is 1.28 bits per heavy atom. The number of halogens is 2. The zero-order chi connectivity index (χ0) is 18.8. The van der Waals surface area contributed by atoms with Gasteiger partial charge in [0.2, 0.25) is 15.9 Å². The Kier molecular flexibility index (Phi) is 6.59. The lowest BCUT2D eigenvalue weighted by molar-refractivity contribution is -0.133. The fraction of sp³-hybridized carbons (Fsp3) is 0.562. The molecule has 1 N–H and O–H groups in total. The van der Waals surface area contributed by atoms with Gasteiger partial charge < -0.3 is 10.0 Å². The lowest BCUT2D eigenvalue weighted by Gasteiger charge is -2.36. The summed E-state index contributed by atoms with van der Waals surface area (Å²) in [6.07, 6.45) is 3.62. The first-order valence-electron chi connectivity index (χ1n) is 7.97. The molecular weight excluding hydrogens is 387 g/mol. The monoisotopic (exact) mass is 408 g/mol. The van der Waals surface area contributed by atoms with Crippen LogP contribution in [0.15, 0.2) is 18.2 Å². The third-order valence-corrected chi connectivity index (χ3v) is 6.11. The predicted octanol–water partition coefficient (Wildman–Crippen LogP) is 2.52.